The number of benzene rings is 1. The molecule has 116 valence electrons. The molecular formula is C17H20BrN3O. The van der Waals surface area contributed by atoms with Gasteiger partial charge in [0.2, 0.25) is 0 Å². The molecule has 3 rings (SSSR count). The Labute approximate surface area is 139 Å². The van der Waals surface area contributed by atoms with Gasteiger partial charge in [-0.3, -0.25) is 4.79 Å². The van der Waals surface area contributed by atoms with Crippen LogP contribution >= 0.6 is 15.9 Å². The number of hydrogen-bond donors (Lipinski definition) is 1. The molecule has 0 unspecified atom stereocenters. The maximum atomic E-state index is 12.8. The number of halogens is 1. The van der Waals surface area contributed by atoms with Gasteiger partial charge in [0.05, 0.1) is 0 Å². The fourth-order valence-corrected chi connectivity index (χ4v) is 3.19. The van der Waals surface area contributed by atoms with E-state index in [0.717, 1.165) is 41.1 Å². The van der Waals surface area contributed by atoms with Gasteiger partial charge >= 0.3 is 0 Å². The van der Waals surface area contributed by atoms with Crippen LogP contribution in [-0.2, 0) is 7.05 Å². The molecule has 1 atom stereocenters. The van der Waals surface area contributed by atoms with Crippen LogP contribution in [0.5, 0.6) is 0 Å². The van der Waals surface area contributed by atoms with E-state index in [1.165, 1.54) is 0 Å². The van der Waals surface area contributed by atoms with Crippen molar-refractivity contribution < 1.29 is 4.79 Å². The van der Waals surface area contributed by atoms with E-state index in [9.17, 15) is 4.79 Å². The number of aromatic nitrogens is 1. The Bertz CT molecular complexity index is 678. The lowest BCUT2D eigenvalue weighted by molar-refractivity contribution is 0.0646. The van der Waals surface area contributed by atoms with Crippen molar-refractivity contribution in [2.45, 2.75) is 13.0 Å². The molecule has 0 saturated carbocycles. The molecule has 1 fully saturated rings. The molecule has 2 heterocycles. The minimum absolute atomic E-state index is 0.111. The highest BCUT2D eigenvalue weighted by molar-refractivity contribution is 9.10. The number of rotatable bonds is 2. The summed E-state index contributed by atoms with van der Waals surface area (Å²) < 4.78 is 3.04. The fourth-order valence-electron chi connectivity index (χ4n) is 2.93. The van der Waals surface area contributed by atoms with Crippen molar-refractivity contribution >= 4 is 21.8 Å². The lowest BCUT2D eigenvalue weighted by atomic mass is 10.1. The second-order valence-electron chi connectivity index (χ2n) is 5.72. The van der Waals surface area contributed by atoms with Gasteiger partial charge in [-0.2, -0.15) is 0 Å². The molecule has 1 saturated heterocycles. The van der Waals surface area contributed by atoms with E-state index in [1.807, 2.05) is 40.8 Å². The van der Waals surface area contributed by atoms with Gasteiger partial charge in [-0.05, 0) is 36.8 Å². The molecule has 0 spiro atoms. The Morgan fingerprint density at radius 3 is 2.64 bits per heavy atom. The van der Waals surface area contributed by atoms with E-state index in [4.69, 9.17) is 0 Å². The zero-order valence-corrected chi connectivity index (χ0v) is 14.4. The van der Waals surface area contributed by atoms with E-state index in [2.05, 4.69) is 40.3 Å². The number of piperazine rings is 1. The summed E-state index contributed by atoms with van der Waals surface area (Å²) in [7, 11) is 1.96. The van der Waals surface area contributed by atoms with Crippen molar-refractivity contribution in [3.05, 3.63) is 46.6 Å². The van der Waals surface area contributed by atoms with Crippen molar-refractivity contribution in [3.8, 4) is 11.3 Å². The van der Waals surface area contributed by atoms with E-state index in [-0.39, 0.29) is 11.9 Å². The Morgan fingerprint density at radius 1 is 1.23 bits per heavy atom. The van der Waals surface area contributed by atoms with Crippen LogP contribution in [0, 0.1) is 0 Å². The third-order valence-corrected chi connectivity index (χ3v) is 4.77. The largest absolute Gasteiger partial charge is 0.340 e. The third kappa shape index (κ3) is 2.83. The second kappa shape index (κ2) is 6.26. The SMILES string of the molecule is C[C@@H]1CNCCN1C(=O)c1ccc(-c2ccc(Br)cc2)n1C. The van der Waals surface area contributed by atoms with Gasteiger partial charge in [0.25, 0.3) is 5.91 Å². The van der Waals surface area contributed by atoms with E-state index in [0.29, 0.717) is 0 Å². The predicted molar refractivity (Wildman–Crippen MR) is 91.9 cm³/mol. The summed E-state index contributed by atoms with van der Waals surface area (Å²) in [5.41, 5.74) is 2.91. The lowest BCUT2D eigenvalue weighted by Crippen LogP contribution is -2.52. The van der Waals surface area contributed by atoms with E-state index >= 15 is 0 Å². The normalized spacial score (nSPS) is 18.5. The number of carbonyl (C=O) groups is 1. The van der Waals surface area contributed by atoms with Crippen LogP contribution in [0.1, 0.15) is 17.4 Å². The van der Waals surface area contributed by atoms with Crippen molar-refractivity contribution in [1.29, 1.82) is 0 Å². The number of nitrogens with one attached hydrogen (secondary N) is 1. The summed E-state index contributed by atoms with van der Waals surface area (Å²) in [5.74, 6) is 0.111. The quantitative estimate of drug-likeness (QED) is 0.892. The van der Waals surface area contributed by atoms with Gasteiger partial charge in [-0.25, -0.2) is 0 Å². The first kappa shape index (κ1) is 15.3. The molecule has 5 heteroatoms. The first-order chi connectivity index (χ1) is 10.6. The maximum absolute atomic E-state index is 12.8. The molecule has 0 radical (unpaired) electrons. The number of nitrogens with zero attached hydrogens (tertiary/aromatic N) is 2. The smallest absolute Gasteiger partial charge is 0.270 e. The molecule has 1 amide bonds. The highest BCUT2D eigenvalue weighted by atomic mass is 79.9. The minimum atomic E-state index is 0.111. The van der Waals surface area contributed by atoms with Crippen LogP contribution in [0.3, 0.4) is 0 Å². The second-order valence-corrected chi connectivity index (χ2v) is 6.64. The highest BCUT2D eigenvalue weighted by Crippen LogP contribution is 2.24. The van der Waals surface area contributed by atoms with E-state index < -0.39 is 0 Å². The van der Waals surface area contributed by atoms with Crippen LogP contribution in [-0.4, -0.2) is 41.1 Å². The molecule has 1 aromatic carbocycles. The molecule has 0 bridgehead atoms. The number of carbonyl (C=O) groups excluding carboxylic acids is 1. The first-order valence-electron chi connectivity index (χ1n) is 7.51. The summed E-state index contributed by atoms with van der Waals surface area (Å²) in [6.07, 6.45) is 0. The Balaban J connectivity index is 1.89. The molecule has 1 N–H and O–H groups in total. The monoisotopic (exact) mass is 361 g/mol. The maximum Gasteiger partial charge on any atom is 0.270 e. The van der Waals surface area contributed by atoms with Crippen LogP contribution in [0.15, 0.2) is 40.9 Å². The van der Waals surface area contributed by atoms with Crippen LogP contribution < -0.4 is 5.32 Å². The molecule has 22 heavy (non-hydrogen) atoms. The molecule has 4 nitrogen and oxygen atoms in total. The first-order valence-corrected chi connectivity index (χ1v) is 8.30. The van der Waals surface area contributed by atoms with Gasteiger partial charge in [-0.1, -0.05) is 28.1 Å². The average Bonchev–Trinajstić information content (AvgIpc) is 2.90. The van der Waals surface area contributed by atoms with Gasteiger partial charge in [0, 0.05) is 42.9 Å². The standard InChI is InChI=1S/C17H20BrN3O/c1-12-11-19-9-10-21(12)17(22)16-8-7-15(20(16)2)13-3-5-14(18)6-4-13/h3-8,12,19H,9-11H2,1-2H3/t12-/m1/s1. The molecule has 1 aliphatic heterocycles. The summed E-state index contributed by atoms with van der Waals surface area (Å²) in [6.45, 7) is 4.57. The zero-order chi connectivity index (χ0) is 15.7. The zero-order valence-electron chi connectivity index (χ0n) is 12.8. The summed E-state index contributed by atoms with van der Waals surface area (Å²) in [6, 6.07) is 12.3. The molecule has 1 aliphatic rings. The van der Waals surface area contributed by atoms with Crippen LogP contribution in [0.4, 0.5) is 0 Å². The highest BCUT2D eigenvalue weighted by Gasteiger charge is 2.26. The van der Waals surface area contributed by atoms with Crippen molar-refractivity contribution in [1.82, 2.24) is 14.8 Å². The van der Waals surface area contributed by atoms with Gasteiger partial charge in [0.15, 0.2) is 0 Å². The summed E-state index contributed by atoms with van der Waals surface area (Å²) >= 11 is 3.45. The topological polar surface area (TPSA) is 37.3 Å². The lowest BCUT2D eigenvalue weighted by Gasteiger charge is -2.34. The van der Waals surface area contributed by atoms with Crippen molar-refractivity contribution in [2.24, 2.45) is 7.05 Å². The Morgan fingerprint density at radius 2 is 1.95 bits per heavy atom. The molecule has 2 aromatic rings. The summed E-state index contributed by atoms with van der Waals surface area (Å²) in [4.78, 5) is 14.8. The summed E-state index contributed by atoms with van der Waals surface area (Å²) in [5, 5.41) is 3.32. The third-order valence-electron chi connectivity index (χ3n) is 4.24. The Hall–Kier alpha value is -1.59. The Kier molecular flexibility index (Phi) is 4.36. The number of hydrogen-bond acceptors (Lipinski definition) is 2. The fraction of sp³-hybridized carbons (Fsp3) is 0.353. The minimum Gasteiger partial charge on any atom is -0.340 e. The van der Waals surface area contributed by atoms with Crippen molar-refractivity contribution in [2.75, 3.05) is 19.6 Å². The van der Waals surface area contributed by atoms with Crippen LogP contribution in [0.25, 0.3) is 11.3 Å². The van der Waals surface area contributed by atoms with Crippen LogP contribution in [0.2, 0.25) is 0 Å². The van der Waals surface area contributed by atoms with Crippen molar-refractivity contribution in [3.63, 3.8) is 0 Å². The van der Waals surface area contributed by atoms with Gasteiger partial charge in [-0.15, -0.1) is 0 Å². The van der Waals surface area contributed by atoms with Gasteiger partial charge in [0.1, 0.15) is 5.69 Å². The molecule has 0 aliphatic carbocycles. The average molecular weight is 362 g/mol. The predicted octanol–water partition coefficient (Wildman–Crippen LogP) is 2.89. The number of amides is 1. The molecule has 1 aromatic heterocycles. The molecular weight excluding hydrogens is 342 g/mol. The van der Waals surface area contributed by atoms with Gasteiger partial charge < -0.3 is 14.8 Å². The van der Waals surface area contributed by atoms with E-state index in [1.54, 1.807) is 0 Å².